The quantitative estimate of drug-likeness (QED) is 0.615. The Morgan fingerprint density at radius 2 is 2.20 bits per heavy atom. The van der Waals surface area contributed by atoms with Crippen LogP contribution >= 0.6 is 0 Å². The van der Waals surface area contributed by atoms with E-state index < -0.39 is 4.92 Å². The van der Waals surface area contributed by atoms with E-state index in [1.165, 1.54) is 4.68 Å². The van der Waals surface area contributed by atoms with Gasteiger partial charge in [0.25, 0.3) is 0 Å². The van der Waals surface area contributed by atoms with Gasteiger partial charge in [-0.1, -0.05) is 6.92 Å². The zero-order valence-corrected chi connectivity index (χ0v) is 11.7. The van der Waals surface area contributed by atoms with E-state index in [2.05, 4.69) is 20.6 Å². The maximum absolute atomic E-state index is 11.1. The number of hydrogen-bond donors (Lipinski definition) is 1. The number of nitro groups is 1. The van der Waals surface area contributed by atoms with E-state index in [1.54, 1.807) is 13.4 Å². The molecule has 20 heavy (non-hydrogen) atoms. The average Bonchev–Trinajstić information content (AvgIpc) is 2.94. The molecule has 0 saturated heterocycles. The Morgan fingerprint density at radius 3 is 2.75 bits per heavy atom. The van der Waals surface area contributed by atoms with Gasteiger partial charge in [-0.3, -0.25) is 10.1 Å². The Hall–Kier alpha value is -2.45. The van der Waals surface area contributed by atoms with Gasteiger partial charge in [-0.2, -0.15) is 5.10 Å². The van der Waals surface area contributed by atoms with Crippen molar-refractivity contribution in [3.8, 4) is 0 Å². The first-order valence-electron chi connectivity index (χ1n) is 6.31. The summed E-state index contributed by atoms with van der Waals surface area (Å²) in [5.74, 6) is 1.24. The highest BCUT2D eigenvalue weighted by atomic mass is 16.6. The number of aromatic nitrogens is 5. The second-order valence-electron chi connectivity index (χ2n) is 4.41. The highest BCUT2D eigenvalue weighted by Gasteiger charge is 2.25. The summed E-state index contributed by atoms with van der Waals surface area (Å²) in [6, 6.07) is 0. The molecule has 0 radical (unpaired) electrons. The third-order valence-corrected chi connectivity index (χ3v) is 3.06. The van der Waals surface area contributed by atoms with Crippen LogP contribution in [0.5, 0.6) is 0 Å². The van der Waals surface area contributed by atoms with Crippen molar-refractivity contribution in [2.45, 2.75) is 19.8 Å². The van der Waals surface area contributed by atoms with Crippen LogP contribution in [-0.4, -0.2) is 36.0 Å². The van der Waals surface area contributed by atoms with Gasteiger partial charge in [-0.05, 0) is 6.42 Å². The van der Waals surface area contributed by atoms with E-state index in [1.807, 2.05) is 18.5 Å². The van der Waals surface area contributed by atoms with Crippen LogP contribution in [0.3, 0.4) is 0 Å². The van der Waals surface area contributed by atoms with Crippen LogP contribution in [0, 0.1) is 10.1 Å². The van der Waals surface area contributed by atoms with Gasteiger partial charge in [-0.25, -0.2) is 4.68 Å². The van der Waals surface area contributed by atoms with Gasteiger partial charge in [0.2, 0.25) is 5.82 Å². The molecule has 0 amide bonds. The molecule has 0 aromatic carbocycles. The van der Waals surface area contributed by atoms with Crippen molar-refractivity contribution in [3.05, 3.63) is 28.0 Å². The van der Waals surface area contributed by atoms with Crippen LogP contribution in [0.25, 0.3) is 0 Å². The van der Waals surface area contributed by atoms with Crippen LogP contribution in [0.15, 0.2) is 6.33 Å². The molecule has 0 unspecified atom stereocenters. The van der Waals surface area contributed by atoms with E-state index in [0.29, 0.717) is 30.9 Å². The lowest BCUT2D eigenvalue weighted by atomic mass is 10.3. The number of aryl methyl sites for hydroxylation is 3. The van der Waals surface area contributed by atoms with E-state index >= 15 is 0 Å². The van der Waals surface area contributed by atoms with Gasteiger partial charge in [0, 0.05) is 27.1 Å². The standard InChI is InChI=1S/C11H17N7O2/c1-4-8-10(18(19)20)11(17(3)15-8)12-6-5-9-14-13-7-16(9)2/h7,12H,4-6H2,1-3H3. The topological polar surface area (TPSA) is 104 Å². The molecule has 0 aliphatic rings. The Balaban J connectivity index is 2.11. The molecule has 0 aliphatic carbocycles. The molecule has 2 rings (SSSR count). The first kappa shape index (κ1) is 14.0. The molecule has 2 heterocycles. The first-order valence-corrected chi connectivity index (χ1v) is 6.31. The fourth-order valence-corrected chi connectivity index (χ4v) is 2.02. The minimum atomic E-state index is -0.392. The summed E-state index contributed by atoms with van der Waals surface area (Å²) >= 11 is 0. The maximum Gasteiger partial charge on any atom is 0.333 e. The SMILES string of the molecule is CCc1nn(C)c(NCCc2nncn2C)c1[N+](=O)[O-]. The van der Waals surface area contributed by atoms with Crippen molar-refractivity contribution in [3.63, 3.8) is 0 Å². The third-order valence-electron chi connectivity index (χ3n) is 3.06. The molecule has 0 spiro atoms. The molecule has 0 saturated carbocycles. The van der Waals surface area contributed by atoms with E-state index in [0.717, 1.165) is 5.82 Å². The normalized spacial score (nSPS) is 10.8. The zero-order chi connectivity index (χ0) is 14.7. The summed E-state index contributed by atoms with van der Waals surface area (Å²) in [4.78, 5) is 10.8. The largest absolute Gasteiger partial charge is 0.364 e. The number of rotatable bonds is 6. The number of anilines is 1. The van der Waals surface area contributed by atoms with Crippen LogP contribution in [-0.2, 0) is 26.9 Å². The van der Waals surface area contributed by atoms with Crippen LogP contribution in [0.2, 0.25) is 0 Å². The lowest BCUT2D eigenvalue weighted by Crippen LogP contribution is -2.12. The fraction of sp³-hybridized carbons (Fsp3) is 0.545. The molecule has 2 aromatic rings. The lowest BCUT2D eigenvalue weighted by molar-refractivity contribution is -0.384. The second-order valence-corrected chi connectivity index (χ2v) is 4.41. The summed E-state index contributed by atoms with van der Waals surface area (Å²) in [6.07, 6.45) is 2.77. The minimum absolute atomic E-state index is 0.0490. The number of hydrogen-bond acceptors (Lipinski definition) is 6. The summed E-state index contributed by atoms with van der Waals surface area (Å²) in [7, 11) is 3.55. The number of nitrogens with one attached hydrogen (secondary N) is 1. The molecule has 0 atom stereocenters. The Bertz CT molecular complexity index is 616. The summed E-state index contributed by atoms with van der Waals surface area (Å²) in [5, 5.41) is 26.1. The Labute approximate surface area is 115 Å². The molecular weight excluding hydrogens is 262 g/mol. The summed E-state index contributed by atoms with van der Waals surface area (Å²) < 4.78 is 3.32. The fourth-order valence-electron chi connectivity index (χ4n) is 2.02. The van der Waals surface area contributed by atoms with Crippen molar-refractivity contribution < 1.29 is 4.92 Å². The van der Waals surface area contributed by atoms with Crippen molar-refractivity contribution in [1.82, 2.24) is 24.5 Å². The van der Waals surface area contributed by atoms with Gasteiger partial charge >= 0.3 is 5.69 Å². The second kappa shape index (κ2) is 5.68. The van der Waals surface area contributed by atoms with Crippen LogP contribution in [0.4, 0.5) is 11.5 Å². The molecule has 2 aromatic heterocycles. The van der Waals surface area contributed by atoms with Gasteiger partial charge < -0.3 is 9.88 Å². The molecule has 1 N–H and O–H groups in total. The predicted molar refractivity (Wildman–Crippen MR) is 72.4 cm³/mol. The molecule has 108 valence electrons. The Kier molecular flexibility index (Phi) is 3.97. The highest BCUT2D eigenvalue weighted by Crippen LogP contribution is 2.28. The van der Waals surface area contributed by atoms with Crippen molar-refractivity contribution in [1.29, 1.82) is 0 Å². The maximum atomic E-state index is 11.1. The van der Waals surface area contributed by atoms with Crippen LogP contribution < -0.4 is 5.32 Å². The summed E-state index contributed by atoms with van der Waals surface area (Å²) in [5.41, 5.74) is 0.534. The molecular formula is C11H17N7O2. The molecule has 9 nitrogen and oxygen atoms in total. The highest BCUT2D eigenvalue weighted by molar-refractivity contribution is 5.59. The molecule has 0 fully saturated rings. The van der Waals surface area contributed by atoms with Crippen molar-refractivity contribution in [2.75, 3.05) is 11.9 Å². The van der Waals surface area contributed by atoms with Gasteiger partial charge in [0.15, 0.2) is 0 Å². The van der Waals surface area contributed by atoms with Gasteiger partial charge in [0.1, 0.15) is 17.8 Å². The van der Waals surface area contributed by atoms with E-state index in [9.17, 15) is 10.1 Å². The minimum Gasteiger partial charge on any atom is -0.364 e. The first-order chi connectivity index (χ1) is 9.54. The monoisotopic (exact) mass is 279 g/mol. The average molecular weight is 279 g/mol. The summed E-state index contributed by atoms with van der Waals surface area (Å²) in [6.45, 7) is 2.37. The number of nitrogens with zero attached hydrogens (tertiary/aromatic N) is 6. The van der Waals surface area contributed by atoms with E-state index in [4.69, 9.17) is 0 Å². The molecule has 0 bridgehead atoms. The predicted octanol–water partition coefficient (Wildman–Crippen LogP) is 0.674. The Morgan fingerprint density at radius 1 is 1.45 bits per heavy atom. The smallest absolute Gasteiger partial charge is 0.333 e. The van der Waals surface area contributed by atoms with E-state index in [-0.39, 0.29) is 5.69 Å². The van der Waals surface area contributed by atoms with Gasteiger partial charge in [-0.15, -0.1) is 10.2 Å². The van der Waals surface area contributed by atoms with Crippen LogP contribution in [0.1, 0.15) is 18.4 Å². The third kappa shape index (κ3) is 2.60. The van der Waals surface area contributed by atoms with Crippen molar-refractivity contribution >= 4 is 11.5 Å². The molecule has 0 aliphatic heterocycles. The zero-order valence-electron chi connectivity index (χ0n) is 11.7. The van der Waals surface area contributed by atoms with Crippen molar-refractivity contribution in [2.24, 2.45) is 14.1 Å². The lowest BCUT2D eigenvalue weighted by Gasteiger charge is -2.05. The molecule has 9 heteroatoms. The van der Waals surface area contributed by atoms with Gasteiger partial charge in [0.05, 0.1) is 4.92 Å².